The molecule has 1 nitrogen and oxygen atoms in total. The van der Waals surface area contributed by atoms with Crippen molar-refractivity contribution in [2.45, 2.75) is 29.8 Å². The molecular weight excluding hydrogens is 214 g/mol. The van der Waals surface area contributed by atoms with Crippen molar-refractivity contribution in [2.24, 2.45) is 0 Å². The van der Waals surface area contributed by atoms with Crippen LogP contribution < -0.4 is 0 Å². The van der Waals surface area contributed by atoms with E-state index in [9.17, 15) is 26.3 Å². The van der Waals surface area contributed by atoms with E-state index in [1.54, 1.807) is 0 Å². The summed E-state index contributed by atoms with van der Waals surface area (Å²) >= 11 is 0. The van der Waals surface area contributed by atoms with Gasteiger partial charge in [0.05, 0.1) is 6.42 Å². The zero-order chi connectivity index (χ0) is 11.4. The van der Waals surface area contributed by atoms with Gasteiger partial charge in [-0.1, -0.05) is 0 Å². The van der Waals surface area contributed by atoms with Gasteiger partial charge in [-0.05, 0) is 0 Å². The van der Waals surface area contributed by atoms with Gasteiger partial charge in [-0.15, -0.1) is 12.3 Å². The summed E-state index contributed by atoms with van der Waals surface area (Å²) in [4.78, 5) is 0. The maximum atomic E-state index is 12.5. The van der Waals surface area contributed by atoms with Crippen LogP contribution in [0.15, 0.2) is 0 Å². The molecule has 1 aliphatic carbocycles. The molecule has 0 heterocycles. The second-order valence-electron chi connectivity index (χ2n) is 2.96. The van der Waals surface area contributed by atoms with Crippen LogP contribution in [0.2, 0.25) is 0 Å². The highest BCUT2D eigenvalue weighted by atomic mass is 19.4. The Morgan fingerprint density at radius 3 is 1.57 bits per heavy atom. The minimum absolute atomic E-state index is 1.32. The highest BCUT2D eigenvalue weighted by Gasteiger charge is 2.98. The largest absolute Gasteiger partial charge is 0.378 e. The third-order valence-electron chi connectivity index (χ3n) is 2.19. The molecule has 80 valence electrons. The number of aliphatic hydroxyl groups is 1. The van der Waals surface area contributed by atoms with Crippen LogP contribution in [0.5, 0.6) is 0 Å². The molecule has 0 atom stereocenters. The van der Waals surface area contributed by atoms with E-state index in [4.69, 9.17) is 5.11 Å². The molecule has 0 aliphatic heterocycles. The van der Waals surface area contributed by atoms with Gasteiger partial charge in [0.1, 0.15) is 0 Å². The van der Waals surface area contributed by atoms with Gasteiger partial charge in [0.2, 0.25) is 5.60 Å². The Kier molecular flexibility index (Phi) is 1.89. The molecule has 0 unspecified atom stereocenters. The Balaban J connectivity index is 3.19. The summed E-state index contributed by atoms with van der Waals surface area (Å²) in [5, 5.41) is 8.68. The Bertz CT molecular complexity index is 284. The van der Waals surface area contributed by atoms with Crippen molar-refractivity contribution in [3.63, 3.8) is 0 Å². The lowest BCUT2D eigenvalue weighted by Crippen LogP contribution is -2.86. The predicted octanol–water partition coefficient (Wildman–Crippen LogP) is 1.66. The first-order valence-corrected chi connectivity index (χ1v) is 3.35. The highest BCUT2D eigenvalue weighted by Crippen LogP contribution is 2.67. The molecular formula is C7H4F6O. The number of hydrogen-bond acceptors (Lipinski definition) is 1. The third-order valence-corrected chi connectivity index (χ3v) is 2.19. The van der Waals surface area contributed by atoms with Crippen LogP contribution in [0.4, 0.5) is 26.3 Å². The Hall–Kier alpha value is -0.900. The van der Waals surface area contributed by atoms with Crippen molar-refractivity contribution in [3.8, 4) is 12.3 Å². The summed E-state index contributed by atoms with van der Waals surface area (Å²) in [6, 6.07) is 0. The zero-order valence-corrected chi connectivity index (χ0v) is 6.50. The molecule has 1 aliphatic rings. The van der Waals surface area contributed by atoms with Crippen molar-refractivity contribution in [3.05, 3.63) is 0 Å². The molecule has 0 aromatic carbocycles. The average Bonchev–Trinajstić information content (AvgIpc) is 2.02. The average molecular weight is 218 g/mol. The van der Waals surface area contributed by atoms with Crippen molar-refractivity contribution in [2.75, 3.05) is 0 Å². The third kappa shape index (κ3) is 0.741. The van der Waals surface area contributed by atoms with E-state index in [1.165, 1.54) is 5.92 Å². The van der Waals surface area contributed by atoms with E-state index in [0.29, 0.717) is 0 Å². The second kappa shape index (κ2) is 2.37. The van der Waals surface area contributed by atoms with E-state index < -0.39 is 29.8 Å². The smallest absolute Gasteiger partial charge is 0.377 e. The van der Waals surface area contributed by atoms with Gasteiger partial charge in [0, 0.05) is 0 Å². The van der Waals surface area contributed by atoms with Gasteiger partial charge in [0.15, 0.2) is 0 Å². The maximum absolute atomic E-state index is 12.5. The minimum Gasteiger partial charge on any atom is -0.377 e. The molecule has 0 aromatic heterocycles. The summed E-state index contributed by atoms with van der Waals surface area (Å²) in [5.74, 6) is -14.7. The lowest BCUT2D eigenvalue weighted by atomic mass is 9.66. The zero-order valence-electron chi connectivity index (χ0n) is 6.50. The normalized spacial score (nSPS) is 30.1. The monoisotopic (exact) mass is 218 g/mol. The van der Waals surface area contributed by atoms with Gasteiger partial charge in [-0.25, -0.2) is 0 Å². The molecule has 0 spiro atoms. The summed E-state index contributed by atoms with van der Waals surface area (Å²) in [6.45, 7) is 0. The van der Waals surface area contributed by atoms with Crippen molar-refractivity contribution in [1.29, 1.82) is 0 Å². The number of rotatable bonds is 1. The number of halogens is 6. The highest BCUT2D eigenvalue weighted by molar-refractivity contribution is 5.29. The van der Waals surface area contributed by atoms with Gasteiger partial charge in [-0.3, -0.25) is 0 Å². The quantitative estimate of drug-likeness (QED) is 0.524. The van der Waals surface area contributed by atoms with Crippen molar-refractivity contribution in [1.82, 2.24) is 0 Å². The summed E-state index contributed by atoms with van der Waals surface area (Å²) in [5.41, 5.74) is -4.15. The fourth-order valence-electron chi connectivity index (χ4n) is 1.22. The van der Waals surface area contributed by atoms with Crippen LogP contribution in [-0.2, 0) is 0 Å². The molecule has 14 heavy (non-hydrogen) atoms. The molecule has 0 bridgehead atoms. The molecule has 1 N–H and O–H groups in total. The van der Waals surface area contributed by atoms with E-state index in [0.717, 1.165) is 0 Å². The summed E-state index contributed by atoms with van der Waals surface area (Å²) < 4.78 is 74.3. The number of terminal acetylenes is 1. The van der Waals surface area contributed by atoms with E-state index in [-0.39, 0.29) is 0 Å². The van der Waals surface area contributed by atoms with Crippen LogP contribution in [-0.4, -0.2) is 28.5 Å². The van der Waals surface area contributed by atoms with Gasteiger partial charge < -0.3 is 5.11 Å². The molecule has 0 amide bonds. The van der Waals surface area contributed by atoms with Gasteiger partial charge >= 0.3 is 17.8 Å². The molecule has 0 aromatic rings. The van der Waals surface area contributed by atoms with Gasteiger partial charge in [-0.2, -0.15) is 26.3 Å². The molecule has 1 rings (SSSR count). The van der Waals surface area contributed by atoms with E-state index in [2.05, 4.69) is 6.42 Å². The molecule has 1 fully saturated rings. The van der Waals surface area contributed by atoms with Crippen LogP contribution in [0.3, 0.4) is 0 Å². The lowest BCUT2D eigenvalue weighted by Gasteiger charge is -2.55. The first kappa shape index (κ1) is 11.2. The van der Waals surface area contributed by atoms with Crippen molar-refractivity contribution >= 4 is 0 Å². The van der Waals surface area contributed by atoms with Gasteiger partial charge in [0.25, 0.3) is 0 Å². The molecule has 7 heteroatoms. The van der Waals surface area contributed by atoms with E-state index >= 15 is 0 Å². The molecule has 0 saturated heterocycles. The predicted molar refractivity (Wildman–Crippen MR) is 33.2 cm³/mol. The van der Waals surface area contributed by atoms with Crippen LogP contribution in [0.1, 0.15) is 6.42 Å². The standard InChI is InChI=1S/C7H4F6O/c1-2-3-4(14)5(8,9)7(12,13)6(4,10)11/h1,14H,3H2. The van der Waals surface area contributed by atoms with Crippen molar-refractivity contribution < 1.29 is 31.4 Å². The van der Waals surface area contributed by atoms with Crippen LogP contribution in [0.25, 0.3) is 0 Å². The Morgan fingerprint density at radius 2 is 1.29 bits per heavy atom. The van der Waals surface area contributed by atoms with E-state index in [1.807, 2.05) is 0 Å². The fraction of sp³-hybridized carbons (Fsp3) is 0.714. The molecule has 1 saturated carbocycles. The number of hydrogen-bond donors (Lipinski definition) is 1. The first-order valence-electron chi connectivity index (χ1n) is 3.35. The summed E-state index contributed by atoms with van der Waals surface area (Å²) in [6.07, 6.45) is 2.89. The first-order chi connectivity index (χ1) is 6.06. The lowest BCUT2D eigenvalue weighted by molar-refractivity contribution is -0.488. The second-order valence-corrected chi connectivity index (χ2v) is 2.96. The maximum Gasteiger partial charge on any atom is 0.378 e. The molecule has 0 radical (unpaired) electrons. The van der Waals surface area contributed by atoms with Crippen LogP contribution >= 0.6 is 0 Å². The minimum atomic E-state index is -5.56. The Morgan fingerprint density at radius 1 is 0.929 bits per heavy atom. The number of alkyl halides is 6. The SMILES string of the molecule is C#CCC1(O)C(F)(F)C(F)(F)C1(F)F. The topological polar surface area (TPSA) is 20.2 Å². The summed E-state index contributed by atoms with van der Waals surface area (Å²) in [7, 11) is 0. The fourth-order valence-corrected chi connectivity index (χ4v) is 1.22. The van der Waals surface area contributed by atoms with Crippen LogP contribution in [0, 0.1) is 12.3 Å². The Labute approximate surface area is 74.7 Å².